The molecule has 1 aliphatic rings. The van der Waals surface area contributed by atoms with Gasteiger partial charge in [0.05, 0.1) is 6.10 Å². The molecule has 2 heterocycles. The van der Waals surface area contributed by atoms with Crippen LogP contribution in [0.25, 0.3) is 0 Å². The maximum Gasteiger partial charge on any atom is 0.228 e. The molecular weight excluding hydrogens is 216 g/mol. The van der Waals surface area contributed by atoms with Gasteiger partial charge in [-0.05, 0) is 20.8 Å². The van der Waals surface area contributed by atoms with Crippen molar-refractivity contribution in [1.29, 1.82) is 0 Å². The molecule has 0 amide bonds. The van der Waals surface area contributed by atoms with E-state index in [2.05, 4.69) is 27.1 Å². The number of nitrogens with zero attached hydrogens (tertiary/aromatic N) is 3. The average molecular weight is 236 g/mol. The molecule has 0 saturated carbocycles. The summed E-state index contributed by atoms with van der Waals surface area (Å²) >= 11 is 0. The van der Waals surface area contributed by atoms with E-state index in [9.17, 15) is 0 Å². The first-order valence-electron chi connectivity index (χ1n) is 6.13. The van der Waals surface area contributed by atoms with Crippen molar-refractivity contribution in [3.8, 4) is 5.88 Å². The summed E-state index contributed by atoms with van der Waals surface area (Å²) in [7, 11) is 0. The lowest BCUT2D eigenvalue weighted by Gasteiger charge is -2.31. The molecule has 0 aliphatic carbocycles. The Kier molecular flexibility index (Phi) is 3.78. The molecule has 1 fully saturated rings. The number of ether oxygens (including phenoxy) is 1. The van der Waals surface area contributed by atoms with Gasteiger partial charge in [-0.2, -0.15) is 4.98 Å². The number of hydrogen-bond acceptors (Lipinski definition) is 5. The molecule has 5 nitrogen and oxygen atoms in total. The Labute approximate surface area is 102 Å². The topological polar surface area (TPSA) is 50.3 Å². The Morgan fingerprint density at radius 1 is 1.53 bits per heavy atom. The van der Waals surface area contributed by atoms with Crippen molar-refractivity contribution in [1.82, 2.24) is 15.3 Å². The molecule has 17 heavy (non-hydrogen) atoms. The molecule has 1 saturated heterocycles. The number of nitrogens with one attached hydrogen (secondary N) is 1. The average Bonchev–Trinajstić information content (AvgIpc) is 2.28. The van der Waals surface area contributed by atoms with Crippen LogP contribution in [0.1, 0.15) is 20.8 Å². The van der Waals surface area contributed by atoms with Crippen molar-refractivity contribution in [3.63, 3.8) is 0 Å². The van der Waals surface area contributed by atoms with Gasteiger partial charge in [0.2, 0.25) is 11.8 Å². The van der Waals surface area contributed by atoms with E-state index >= 15 is 0 Å². The van der Waals surface area contributed by atoms with Gasteiger partial charge < -0.3 is 15.0 Å². The van der Waals surface area contributed by atoms with Gasteiger partial charge in [-0.25, -0.2) is 4.98 Å². The van der Waals surface area contributed by atoms with Crippen molar-refractivity contribution in [2.24, 2.45) is 0 Å². The van der Waals surface area contributed by atoms with E-state index in [1.807, 2.05) is 13.8 Å². The Bertz CT molecular complexity index is 369. The van der Waals surface area contributed by atoms with Crippen LogP contribution in [0.15, 0.2) is 12.3 Å². The molecule has 1 aliphatic heterocycles. The summed E-state index contributed by atoms with van der Waals surface area (Å²) in [4.78, 5) is 10.9. The van der Waals surface area contributed by atoms with Gasteiger partial charge in [0.1, 0.15) is 0 Å². The summed E-state index contributed by atoms with van der Waals surface area (Å²) in [6, 6.07) is 2.27. The minimum Gasteiger partial charge on any atom is -0.475 e. The molecule has 1 aromatic heterocycles. The third-order valence-corrected chi connectivity index (χ3v) is 2.63. The SMILES string of the molecule is CC(C)Oc1ccnc(N2CCN[C@@H](C)C2)n1. The predicted octanol–water partition coefficient (Wildman–Crippen LogP) is 1.06. The lowest BCUT2D eigenvalue weighted by Crippen LogP contribution is -2.49. The van der Waals surface area contributed by atoms with Crippen LogP contribution < -0.4 is 15.0 Å². The van der Waals surface area contributed by atoms with Crippen LogP contribution in [-0.2, 0) is 0 Å². The molecular formula is C12H20N4O. The maximum absolute atomic E-state index is 5.58. The van der Waals surface area contributed by atoms with Crippen LogP contribution in [-0.4, -0.2) is 41.7 Å². The van der Waals surface area contributed by atoms with Gasteiger partial charge in [0, 0.05) is 37.9 Å². The molecule has 0 aromatic carbocycles. The van der Waals surface area contributed by atoms with Crippen LogP contribution in [0.3, 0.4) is 0 Å². The molecule has 0 unspecified atom stereocenters. The van der Waals surface area contributed by atoms with Crippen molar-refractivity contribution >= 4 is 5.95 Å². The van der Waals surface area contributed by atoms with E-state index in [0.717, 1.165) is 25.6 Å². The Morgan fingerprint density at radius 2 is 2.35 bits per heavy atom. The number of hydrogen-bond donors (Lipinski definition) is 1. The fourth-order valence-electron chi connectivity index (χ4n) is 1.91. The number of rotatable bonds is 3. The lowest BCUT2D eigenvalue weighted by molar-refractivity contribution is 0.232. The predicted molar refractivity (Wildman–Crippen MR) is 67.5 cm³/mol. The maximum atomic E-state index is 5.58. The van der Waals surface area contributed by atoms with E-state index in [4.69, 9.17) is 4.74 Å². The number of anilines is 1. The minimum absolute atomic E-state index is 0.139. The first-order valence-corrected chi connectivity index (χ1v) is 6.13. The van der Waals surface area contributed by atoms with Crippen LogP contribution in [0.5, 0.6) is 5.88 Å². The van der Waals surface area contributed by atoms with Gasteiger partial charge in [0.15, 0.2) is 0 Å². The van der Waals surface area contributed by atoms with E-state index in [-0.39, 0.29) is 6.10 Å². The Morgan fingerprint density at radius 3 is 3.06 bits per heavy atom. The summed E-state index contributed by atoms with van der Waals surface area (Å²) in [5.41, 5.74) is 0. The van der Waals surface area contributed by atoms with Crippen molar-refractivity contribution < 1.29 is 4.74 Å². The Hall–Kier alpha value is -1.36. The van der Waals surface area contributed by atoms with E-state index in [1.165, 1.54) is 0 Å². The fraction of sp³-hybridized carbons (Fsp3) is 0.667. The molecule has 0 spiro atoms. The van der Waals surface area contributed by atoms with Gasteiger partial charge in [-0.15, -0.1) is 0 Å². The second-order valence-electron chi connectivity index (χ2n) is 4.66. The summed E-state index contributed by atoms with van der Waals surface area (Å²) < 4.78 is 5.58. The summed E-state index contributed by atoms with van der Waals surface area (Å²) in [5.74, 6) is 1.41. The highest BCUT2D eigenvalue weighted by Crippen LogP contribution is 2.15. The zero-order valence-corrected chi connectivity index (χ0v) is 10.7. The van der Waals surface area contributed by atoms with Gasteiger partial charge in [-0.3, -0.25) is 0 Å². The lowest BCUT2D eigenvalue weighted by atomic mass is 10.2. The van der Waals surface area contributed by atoms with E-state index in [0.29, 0.717) is 11.9 Å². The number of aromatic nitrogens is 2. The monoisotopic (exact) mass is 236 g/mol. The standard InChI is InChI=1S/C12H20N4O/c1-9(2)17-11-4-5-14-12(15-11)16-7-6-13-10(3)8-16/h4-5,9-10,13H,6-8H2,1-3H3/t10-/m0/s1. The summed E-state index contributed by atoms with van der Waals surface area (Å²) in [5, 5.41) is 3.40. The second kappa shape index (κ2) is 5.31. The number of piperazine rings is 1. The zero-order valence-electron chi connectivity index (χ0n) is 10.7. The molecule has 1 atom stereocenters. The summed E-state index contributed by atoms with van der Waals surface area (Å²) in [6.07, 6.45) is 1.90. The highest BCUT2D eigenvalue weighted by Gasteiger charge is 2.18. The zero-order chi connectivity index (χ0) is 12.3. The van der Waals surface area contributed by atoms with Crippen molar-refractivity contribution in [2.75, 3.05) is 24.5 Å². The highest BCUT2D eigenvalue weighted by molar-refractivity contribution is 5.33. The van der Waals surface area contributed by atoms with Crippen molar-refractivity contribution in [3.05, 3.63) is 12.3 Å². The molecule has 2 rings (SSSR count). The quantitative estimate of drug-likeness (QED) is 0.850. The first kappa shape index (κ1) is 12.1. The first-order chi connectivity index (χ1) is 8.15. The Balaban J connectivity index is 2.09. The van der Waals surface area contributed by atoms with Crippen LogP contribution in [0, 0.1) is 0 Å². The molecule has 94 valence electrons. The van der Waals surface area contributed by atoms with Gasteiger partial charge in [0.25, 0.3) is 0 Å². The fourth-order valence-corrected chi connectivity index (χ4v) is 1.91. The van der Waals surface area contributed by atoms with Crippen LogP contribution in [0.4, 0.5) is 5.95 Å². The third-order valence-electron chi connectivity index (χ3n) is 2.63. The molecule has 0 radical (unpaired) electrons. The summed E-state index contributed by atoms with van der Waals surface area (Å²) in [6.45, 7) is 9.00. The molecule has 1 N–H and O–H groups in total. The van der Waals surface area contributed by atoms with Gasteiger partial charge >= 0.3 is 0 Å². The normalized spacial score (nSPS) is 20.7. The van der Waals surface area contributed by atoms with E-state index in [1.54, 1.807) is 12.3 Å². The largest absolute Gasteiger partial charge is 0.475 e. The van der Waals surface area contributed by atoms with Gasteiger partial charge in [-0.1, -0.05) is 0 Å². The van der Waals surface area contributed by atoms with Crippen LogP contribution in [0.2, 0.25) is 0 Å². The smallest absolute Gasteiger partial charge is 0.228 e. The molecule has 0 bridgehead atoms. The highest BCUT2D eigenvalue weighted by atomic mass is 16.5. The van der Waals surface area contributed by atoms with E-state index < -0.39 is 0 Å². The minimum atomic E-state index is 0.139. The molecule has 5 heteroatoms. The van der Waals surface area contributed by atoms with Crippen LogP contribution >= 0.6 is 0 Å². The molecule has 1 aromatic rings. The second-order valence-corrected chi connectivity index (χ2v) is 4.66. The van der Waals surface area contributed by atoms with Crippen molar-refractivity contribution in [2.45, 2.75) is 32.9 Å². The third kappa shape index (κ3) is 3.30.